The summed E-state index contributed by atoms with van der Waals surface area (Å²) in [5, 5.41) is 9.32. The van der Waals surface area contributed by atoms with Crippen LogP contribution in [0.3, 0.4) is 0 Å². The number of ether oxygens (including phenoxy) is 2. The van der Waals surface area contributed by atoms with Crippen molar-refractivity contribution in [3.05, 3.63) is 71.2 Å². The predicted octanol–water partition coefficient (Wildman–Crippen LogP) is 2.34. The molecule has 0 amide bonds. The van der Waals surface area contributed by atoms with Gasteiger partial charge in [0.05, 0.1) is 18.9 Å². The number of benzene rings is 1. The first-order valence-corrected chi connectivity index (χ1v) is 8.00. The fourth-order valence-corrected chi connectivity index (χ4v) is 2.31. The van der Waals surface area contributed by atoms with Gasteiger partial charge in [0.25, 0.3) is 0 Å². The monoisotopic (exact) mass is 328 g/mol. The number of aliphatic hydroxyl groups is 1. The summed E-state index contributed by atoms with van der Waals surface area (Å²) in [7, 11) is 1.71. The maximum absolute atomic E-state index is 9.32. The Morgan fingerprint density at radius 2 is 1.96 bits per heavy atom. The first kappa shape index (κ1) is 18.0. The van der Waals surface area contributed by atoms with Gasteiger partial charge in [-0.2, -0.15) is 0 Å². The van der Waals surface area contributed by atoms with Crippen LogP contribution in [0.4, 0.5) is 0 Å². The van der Waals surface area contributed by atoms with Crippen LogP contribution in [0.15, 0.2) is 70.6 Å². The summed E-state index contributed by atoms with van der Waals surface area (Å²) >= 11 is 0. The van der Waals surface area contributed by atoms with Crippen LogP contribution in [0.25, 0.3) is 0 Å². The third-order valence-electron chi connectivity index (χ3n) is 3.51. The molecule has 1 aliphatic rings. The minimum atomic E-state index is -0.0993. The van der Waals surface area contributed by atoms with Crippen molar-refractivity contribution in [3.8, 4) is 0 Å². The summed E-state index contributed by atoms with van der Waals surface area (Å²) in [6.45, 7) is 1.38. The molecule has 1 aliphatic carbocycles. The number of nitrogens with zero attached hydrogens (tertiary/aromatic N) is 1. The Hall–Kier alpha value is -2.37. The van der Waals surface area contributed by atoms with Crippen LogP contribution in [0, 0.1) is 0 Å². The molecule has 2 rings (SSSR count). The summed E-state index contributed by atoms with van der Waals surface area (Å²) in [5.74, 6) is 1.22. The number of hydrogen-bond acceptors (Lipinski definition) is 5. The smallest absolute Gasteiger partial charge is 0.170 e. The van der Waals surface area contributed by atoms with Crippen LogP contribution >= 0.6 is 0 Å². The lowest BCUT2D eigenvalue weighted by molar-refractivity contribution is 0.159. The third-order valence-corrected chi connectivity index (χ3v) is 3.51. The van der Waals surface area contributed by atoms with E-state index in [1.165, 1.54) is 0 Å². The minimum Gasteiger partial charge on any atom is -0.489 e. The van der Waals surface area contributed by atoms with Crippen molar-refractivity contribution in [2.45, 2.75) is 13.0 Å². The Labute approximate surface area is 142 Å². The van der Waals surface area contributed by atoms with E-state index in [4.69, 9.17) is 15.2 Å². The molecule has 0 fully saturated rings. The molecule has 128 valence electrons. The molecular weight excluding hydrogens is 304 g/mol. The molecule has 0 radical (unpaired) electrons. The van der Waals surface area contributed by atoms with Gasteiger partial charge >= 0.3 is 0 Å². The number of nitrogens with two attached hydrogens (primary N) is 1. The quantitative estimate of drug-likeness (QED) is 0.718. The van der Waals surface area contributed by atoms with E-state index in [1.54, 1.807) is 13.1 Å². The third kappa shape index (κ3) is 4.81. The van der Waals surface area contributed by atoms with Crippen molar-refractivity contribution in [1.29, 1.82) is 0 Å². The van der Waals surface area contributed by atoms with E-state index < -0.39 is 0 Å². The largest absolute Gasteiger partial charge is 0.489 e. The van der Waals surface area contributed by atoms with E-state index in [-0.39, 0.29) is 6.61 Å². The minimum absolute atomic E-state index is 0.0993. The molecule has 0 bridgehead atoms. The molecule has 5 nitrogen and oxygen atoms in total. The van der Waals surface area contributed by atoms with Gasteiger partial charge in [-0.15, -0.1) is 0 Å². The summed E-state index contributed by atoms with van der Waals surface area (Å²) in [6.07, 6.45) is 6.12. The molecule has 24 heavy (non-hydrogen) atoms. The average molecular weight is 328 g/mol. The summed E-state index contributed by atoms with van der Waals surface area (Å²) in [6, 6.07) is 9.93. The molecule has 0 atom stereocenters. The van der Waals surface area contributed by atoms with Crippen LogP contribution in [0.5, 0.6) is 0 Å². The molecule has 0 saturated carbocycles. The zero-order valence-electron chi connectivity index (χ0n) is 13.9. The fourth-order valence-electron chi connectivity index (χ4n) is 2.31. The summed E-state index contributed by atoms with van der Waals surface area (Å²) in [5.41, 5.74) is 8.10. The van der Waals surface area contributed by atoms with Gasteiger partial charge in [-0.25, -0.2) is 0 Å². The zero-order valence-corrected chi connectivity index (χ0v) is 13.9. The molecule has 5 heteroatoms. The highest BCUT2D eigenvalue weighted by atomic mass is 16.5. The average Bonchev–Trinajstić information content (AvgIpc) is 2.62. The summed E-state index contributed by atoms with van der Waals surface area (Å²) < 4.78 is 11.8. The van der Waals surface area contributed by atoms with Gasteiger partial charge in [0.1, 0.15) is 6.61 Å². The highest BCUT2D eigenvalue weighted by Crippen LogP contribution is 2.26. The van der Waals surface area contributed by atoms with Crippen molar-refractivity contribution in [1.82, 2.24) is 0 Å². The standard InChI is InChI=1S/C19H24N2O3/c1-21-17-8-9-18(24-14-15-6-3-2-4-7-15)19(16(17)10-12-22)23-13-5-11-20/h2-4,6-10,22H,5,11-14,20H2,1H3/b16-10+,21-17-. The lowest BCUT2D eigenvalue weighted by Crippen LogP contribution is -2.15. The van der Waals surface area contributed by atoms with Crippen molar-refractivity contribution < 1.29 is 14.6 Å². The van der Waals surface area contributed by atoms with Crippen LogP contribution in [-0.2, 0) is 16.1 Å². The van der Waals surface area contributed by atoms with Gasteiger partial charge < -0.3 is 20.3 Å². The molecule has 3 N–H and O–H groups in total. The molecule has 0 spiro atoms. The second-order valence-electron chi connectivity index (χ2n) is 5.20. The Morgan fingerprint density at radius 3 is 2.62 bits per heavy atom. The molecule has 0 aliphatic heterocycles. The van der Waals surface area contributed by atoms with Crippen molar-refractivity contribution in [3.63, 3.8) is 0 Å². The second-order valence-corrected chi connectivity index (χ2v) is 5.20. The predicted molar refractivity (Wildman–Crippen MR) is 95.5 cm³/mol. The summed E-state index contributed by atoms with van der Waals surface area (Å²) in [4.78, 5) is 4.23. The van der Waals surface area contributed by atoms with Gasteiger partial charge in [-0.1, -0.05) is 30.3 Å². The highest BCUT2D eigenvalue weighted by molar-refractivity contribution is 6.12. The van der Waals surface area contributed by atoms with E-state index in [0.717, 1.165) is 23.3 Å². The van der Waals surface area contributed by atoms with E-state index in [0.29, 0.717) is 31.3 Å². The number of hydrogen-bond donors (Lipinski definition) is 2. The molecule has 0 unspecified atom stereocenters. The van der Waals surface area contributed by atoms with Crippen LogP contribution < -0.4 is 5.73 Å². The first-order valence-electron chi connectivity index (χ1n) is 8.00. The number of rotatable bonds is 8. The molecule has 0 aromatic heterocycles. The van der Waals surface area contributed by atoms with Gasteiger partial charge in [-0.05, 0) is 36.8 Å². The Morgan fingerprint density at radius 1 is 1.17 bits per heavy atom. The highest BCUT2D eigenvalue weighted by Gasteiger charge is 2.21. The van der Waals surface area contributed by atoms with E-state index >= 15 is 0 Å². The maximum Gasteiger partial charge on any atom is 0.170 e. The second kappa shape index (κ2) is 9.70. The van der Waals surface area contributed by atoms with Gasteiger partial charge in [0, 0.05) is 12.6 Å². The first-order chi connectivity index (χ1) is 11.8. The fraction of sp³-hybridized carbons (Fsp3) is 0.316. The molecule has 1 aromatic rings. The number of aliphatic hydroxyl groups excluding tert-OH is 1. The van der Waals surface area contributed by atoms with Crippen LogP contribution in [0.1, 0.15) is 12.0 Å². The molecule has 0 heterocycles. The SMILES string of the molecule is C/N=C1/C=CC(OCc2ccccc2)=C(OCCCN)/C1=C/CO. The Balaban J connectivity index is 2.24. The van der Waals surface area contributed by atoms with Crippen molar-refractivity contribution >= 4 is 5.71 Å². The topological polar surface area (TPSA) is 77.1 Å². The van der Waals surface area contributed by atoms with E-state index in [1.807, 2.05) is 42.5 Å². The van der Waals surface area contributed by atoms with Gasteiger partial charge in [-0.3, -0.25) is 4.99 Å². The van der Waals surface area contributed by atoms with Crippen molar-refractivity contribution in [2.24, 2.45) is 10.7 Å². The Kier molecular flexibility index (Phi) is 7.26. The van der Waals surface area contributed by atoms with Gasteiger partial charge in [0.15, 0.2) is 11.5 Å². The van der Waals surface area contributed by atoms with E-state index in [2.05, 4.69) is 4.99 Å². The van der Waals surface area contributed by atoms with Crippen LogP contribution in [0.2, 0.25) is 0 Å². The van der Waals surface area contributed by atoms with E-state index in [9.17, 15) is 5.11 Å². The zero-order chi connectivity index (χ0) is 17.2. The lowest BCUT2D eigenvalue weighted by atomic mass is 10.0. The molecule has 1 aromatic carbocycles. The van der Waals surface area contributed by atoms with Crippen molar-refractivity contribution in [2.75, 3.05) is 26.8 Å². The lowest BCUT2D eigenvalue weighted by Gasteiger charge is -2.21. The number of aliphatic imine (C=N–C) groups is 1. The van der Waals surface area contributed by atoms with Crippen LogP contribution in [-0.4, -0.2) is 37.6 Å². The Bertz CT molecular complexity index is 646. The van der Waals surface area contributed by atoms with Gasteiger partial charge in [0.2, 0.25) is 0 Å². The molecule has 0 saturated heterocycles. The normalized spacial score (nSPS) is 17.6. The maximum atomic E-state index is 9.32. The molecular formula is C19H24N2O3. The number of allylic oxidation sites excluding steroid dienone is 3.